The second kappa shape index (κ2) is 7.49. The van der Waals surface area contributed by atoms with Crippen molar-refractivity contribution >= 4 is 12.2 Å². The third kappa shape index (κ3) is 3.96. The summed E-state index contributed by atoms with van der Waals surface area (Å²) < 4.78 is 0. The van der Waals surface area contributed by atoms with E-state index in [0.717, 1.165) is 0 Å². The SMILES string of the molecule is C=Cc1c(C)ccc(C)c1C=C.Cc1ccccc1C. The minimum Gasteiger partial charge on any atom is -0.0984 e. The summed E-state index contributed by atoms with van der Waals surface area (Å²) in [6.45, 7) is 16.0. The molecule has 2 aromatic rings. The molecule has 0 heteroatoms. The van der Waals surface area contributed by atoms with Crippen LogP contribution in [0.25, 0.3) is 12.2 Å². The first-order valence-electron chi connectivity index (χ1n) is 6.88. The number of aryl methyl sites for hydroxylation is 4. The van der Waals surface area contributed by atoms with E-state index in [1.807, 2.05) is 12.2 Å². The number of rotatable bonds is 2. The smallest absolute Gasteiger partial charge is 0.0158 e. The van der Waals surface area contributed by atoms with Gasteiger partial charge in [0.15, 0.2) is 0 Å². The van der Waals surface area contributed by atoms with Gasteiger partial charge in [-0.3, -0.25) is 0 Å². The van der Waals surface area contributed by atoms with E-state index in [1.54, 1.807) is 0 Å². The highest BCUT2D eigenvalue weighted by atomic mass is 14.1. The van der Waals surface area contributed by atoms with E-state index >= 15 is 0 Å². The Kier molecular flexibility index (Phi) is 5.99. The Morgan fingerprint density at radius 3 is 1.20 bits per heavy atom. The van der Waals surface area contributed by atoms with E-state index in [2.05, 4.69) is 77.3 Å². The van der Waals surface area contributed by atoms with Crippen molar-refractivity contribution in [2.45, 2.75) is 27.7 Å². The lowest BCUT2D eigenvalue weighted by Gasteiger charge is -2.07. The molecule has 0 aliphatic rings. The predicted octanol–water partition coefficient (Wildman–Crippen LogP) is 5.89. The summed E-state index contributed by atoms with van der Waals surface area (Å²) >= 11 is 0. The van der Waals surface area contributed by atoms with Crippen LogP contribution in [0.15, 0.2) is 49.6 Å². The van der Waals surface area contributed by atoms with Crippen LogP contribution in [0.3, 0.4) is 0 Å². The summed E-state index contributed by atoms with van der Waals surface area (Å²) in [5.74, 6) is 0. The van der Waals surface area contributed by atoms with Crippen LogP contribution in [0, 0.1) is 27.7 Å². The first-order valence-corrected chi connectivity index (χ1v) is 6.88. The van der Waals surface area contributed by atoms with Gasteiger partial charge in [0.2, 0.25) is 0 Å². The number of hydrogen-bond acceptors (Lipinski definition) is 0. The Morgan fingerprint density at radius 1 is 0.600 bits per heavy atom. The minimum atomic E-state index is 1.20. The van der Waals surface area contributed by atoms with E-state index in [4.69, 9.17) is 0 Å². The van der Waals surface area contributed by atoms with Gasteiger partial charge in [-0.15, -0.1) is 0 Å². The zero-order valence-corrected chi connectivity index (χ0v) is 13.0. The van der Waals surface area contributed by atoms with Crippen molar-refractivity contribution in [3.05, 3.63) is 82.9 Å². The third-order valence-electron chi connectivity index (χ3n) is 3.56. The van der Waals surface area contributed by atoms with Gasteiger partial charge in [-0.25, -0.2) is 0 Å². The van der Waals surface area contributed by atoms with Gasteiger partial charge in [0.25, 0.3) is 0 Å². The second-order valence-corrected chi connectivity index (χ2v) is 5.02. The molecule has 0 bridgehead atoms. The minimum absolute atomic E-state index is 1.20. The molecule has 2 aromatic carbocycles. The first-order chi connectivity index (χ1) is 9.51. The zero-order valence-electron chi connectivity index (χ0n) is 13.0. The van der Waals surface area contributed by atoms with Crippen LogP contribution in [0.4, 0.5) is 0 Å². The largest absolute Gasteiger partial charge is 0.0984 e. The molecule has 104 valence electrons. The summed E-state index contributed by atoms with van der Waals surface area (Å²) in [4.78, 5) is 0. The summed E-state index contributed by atoms with van der Waals surface area (Å²) in [5, 5.41) is 0. The maximum Gasteiger partial charge on any atom is -0.0158 e. The molecule has 0 aliphatic carbocycles. The summed E-state index contributed by atoms with van der Waals surface area (Å²) in [6, 6.07) is 12.6. The lowest BCUT2D eigenvalue weighted by Crippen LogP contribution is -1.89. The van der Waals surface area contributed by atoms with Crippen molar-refractivity contribution < 1.29 is 0 Å². The van der Waals surface area contributed by atoms with Gasteiger partial charge < -0.3 is 0 Å². The van der Waals surface area contributed by atoms with Crippen LogP contribution < -0.4 is 0 Å². The Hall–Kier alpha value is -2.08. The molecule has 2 rings (SSSR count). The Morgan fingerprint density at radius 2 is 0.950 bits per heavy atom. The third-order valence-corrected chi connectivity index (χ3v) is 3.56. The van der Waals surface area contributed by atoms with Crippen LogP contribution in [-0.2, 0) is 0 Å². The first kappa shape index (κ1) is 16.0. The summed E-state index contributed by atoms with van der Waals surface area (Å²) in [7, 11) is 0. The van der Waals surface area contributed by atoms with E-state index < -0.39 is 0 Å². The Labute approximate surface area is 123 Å². The van der Waals surface area contributed by atoms with Crippen LogP contribution in [0.1, 0.15) is 33.4 Å². The molecule has 0 atom stereocenters. The molecular weight excluding hydrogens is 240 g/mol. The Bertz CT molecular complexity index is 549. The fourth-order valence-electron chi connectivity index (χ4n) is 2.06. The van der Waals surface area contributed by atoms with Crippen molar-refractivity contribution in [3.8, 4) is 0 Å². The van der Waals surface area contributed by atoms with Gasteiger partial charge in [-0.05, 0) is 61.1 Å². The maximum absolute atomic E-state index is 3.79. The van der Waals surface area contributed by atoms with Gasteiger partial charge in [0.1, 0.15) is 0 Å². The fraction of sp³-hybridized carbons (Fsp3) is 0.200. The average molecular weight is 264 g/mol. The summed E-state index contributed by atoms with van der Waals surface area (Å²) in [5.41, 5.74) is 7.64. The van der Waals surface area contributed by atoms with E-state index in [1.165, 1.54) is 33.4 Å². The topological polar surface area (TPSA) is 0 Å². The highest BCUT2D eigenvalue weighted by Crippen LogP contribution is 2.20. The van der Waals surface area contributed by atoms with Gasteiger partial charge in [0, 0.05) is 0 Å². The van der Waals surface area contributed by atoms with Gasteiger partial charge in [-0.1, -0.05) is 61.7 Å². The average Bonchev–Trinajstić information content (AvgIpc) is 2.45. The fourth-order valence-corrected chi connectivity index (χ4v) is 2.06. The molecule has 20 heavy (non-hydrogen) atoms. The van der Waals surface area contributed by atoms with E-state index in [-0.39, 0.29) is 0 Å². The van der Waals surface area contributed by atoms with Gasteiger partial charge in [0.05, 0.1) is 0 Å². The normalized spacial score (nSPS) is 9.40. The molecule has 0 spiro atoms. The van der Waals surface area contributed by atoms with Gasteiger partial charge >= 0.3 is 0 Å². The molecule has 0 nitrogen and oxygen atoms in total. The molecule has 0 heterocycles. The van der Waals surface area contributed by atoms with Gasteiger partial charge in [-0.2, -0.15) is 0 Å². The molecule has 0 amide bonds. The highest BCUT2D eigenvalue weighted by Gasteiger charge is 2.01. The Balaban J connectivity index is 0.000000217. The molecule has 0 aliphatic heterocycles. The molecule has 0 aromatic heterocycles. The van der Waals surface area contributed by atoms with Crippen LogP contribution in [-0.4, -0.2) is 0 Å². The molecule has 0 saturated carbocycles. The zero-order chi connectivity index (χ0) is 15.1. The second-order valence-electron chi connectivity index (χ2n) is 5.02. The van der Waals surface area contributed by atoms with Crippen molar-refractivity contribution in [3.63, 3.8) is 0 Å². The molecule has 0 saturated heterocycles. The molecule has 0 fully saturated rings. The van der Waals surface area contributed by atoms with Crippen LogP contribution in [0.2, 0.25) is 0 Å². The monoisotopic (exact) mass is 264 g/mol. The van der Waals surface area contributed by atoms with Crippen LogP contribution >= 0.6 is 0 Å². The van der Waals surface area contributed by atoms with Crippen molar-refractivity contribution in [2.24, 2.45) is 0 Å². The molecule has 0 N–H and O–H groups in total. The lowest BCUT2D eigenvalue weighted by atomic mass is 9.97. The quantitative estimate of drug-likeness (QED) is 0.634. The molecular formula is C20H24. The van der Waals surface area contributed by atoms with Crippen LogP contribution in [0.5, 0.6) is 0 Å². The lowest BCUT2D eigenvalue weighted by molar-refractivity contribution is 1.34. The molecule has 0 unspecified atom stereocenters. The van der Waals surface area contributed by atoms with E-state index in [0.29, 0.717) is 0 Å². The van der Waals surface area contributed by atoms with Crippen molar-refractivity contribution in [2.75, 3.05) is 0 Å². The van der Waals surface area contributed by atoms with E-state index in [9.17, 15) is 0 Å². The standard InChI is InChI=1S/C12H14.C8H10/c1-5-11-9(3)7-8-10(4)12(11)6-2;1-7-5-3-4-6-8(7)2/h5-8H,1-2H2,3-4H3;3-6H,1-2H3. The number of hydrogen-bond donors (Lipinski definition) is 0. The predicted molar refractivity (Wildman–Crippen MR) is 92.0 cm³/mol. The molecule has 0 radical (unpaired) electrons. The van der Waals surface area contributed by atoms with Crippen molar-refractivity contribution in [1.29, 1.82) is 0 Å². The maximum atomic E-state index is 3.79. The summed E-state index contributed by atoms with van der Waals surface area (Å²) in [6.07, 6.45) is 3.78. The highest BCUT2D eigenvalue weighted by molar-refractivity contribution is 5.68. The number of benzene rings is 2. The van der Waals surface area contributed by atoms with Crippen molar-refractivity contribution in [1.82, 2.24) is 0 Å².